The van der Waals surface area contributed by atoms with E-state index in [1.807, 2.05) is 0 Å². The third-order valence-electron chi connectivity index (χ3n) is 1.61. The summed E-state index contributed by atoms with van der Waals surface area (Å²) in [7, 11) is 0. The summed E-state index contributed by atoms with van der Waals surface area (Å²) in [4.78, 5) is 10.6. The van der Waals surface area contributed by atoms with Crippen LogP contribution in [0.15, 0.2) is 18.2 Å². The molecule has 0 bridgehead atoms. The van der Waals surface area contributed by atoms with E-state index >= 15 is 0 Å². The molecule has 1 atom stereocenters. The number of hydrogen-bond donors (Lipinski definition) is 3. The number of carbonyl (C=O) groups is 1. The minimum Gasteiger partial charge on any atom is -0.351 e. The Morgan fingerprint density at radius 1 is 1.60 bits per heavy atom. The first-order valence-corrected chi connectivity index (χ1v) is 5.57. The average molecular weight is 249 g/mol. The molecule has 1 aromatic rings. The van der Waals surface area contributed by atoms with Crippen LogP contribution in [0.4, 0.5) is 10.5 Å². The van der Waals surface area contributed by atoms with Crippen LogP contribution in [0.5, 0.6) is 0 Å². The lowest BCUT2D eigenvalue weighted by Gasteiger charge is -2.08. The van der Waals surface area contributed by atoms with Gasteiger partial charge in [-0.05, 0) is 17.7 Å². The summed E-state index contributed by atoms with van der Waals surface area (Å²) in [5.41, 5.74) is 5.79. The zero-order valence-electron chi connectivity index (χ0n) is 7.57. The molecule has 1 rings (SSSR count). The maximum absolute atomic E-state index is 10.6. The number of rotatable bonds is 3. The van der Waals surface area contributed by atoms with Gasteiger partial charge in [-0.25, -0.2) is 9.00 Å². The van der Waals surface area contributed by atoms with Crippen molar-refractivity contribution in [1.82, 2.24) is 0 Å². The van der Waals surface area contributed by atoms with Gasteiger partial charge in [-0.3, -0.25) is 0 Å². The first kappa shape index (κ1) is 12.0. The zero-order valence-corrected chi connectivity index (χ0v) is 9.14. The van der Waals surface area contributed by atoms with Crippen molar-refractivity contribution in [3.05, 3.63) is 28.8 Å². The molecule has 1 aromatic carbocycles. The summed E-state index contributed by atoms with van der Waals surface area (Å²) >= 11 is 3.72. The summed E-state index contributed by atoms with van der Waals surface area (Å²) in [6.07, 6.45) is 0. The lowest BCUT2D eigenvalue weighted by Crippen LogP contribution is -2.20. The second-order valence-electron chi connectivity index (χ2n) is 2.76. The Morgan fingerprint density at radius 2 is 2.27 bits per heavy atom. The molecule has 0 spiro atoms. The van der Waals surface area contributed by atoms with Gasteiger partial charge >= 0.3 is 6.03 Å². The molecule has 0 radical (unpaired) electrons. The Morgan fingerprint density at radius 3 is 2.80 bits per heavy atom. The van der Waals surface area contributed by atoms with Crippen molar-refractivity contribution in [2.75, 3.05) is 5.32 Å². The third kappa shape index (κ3) is 3.86. The largest absolute Gasteiger partial charge is 0.351 e. The Balaban J connectivity index is 3.02. The highest BCUT2D eigenvalue weighted by molar-refractivity contribution is 7.78. The molecule has 0 heterocycles. The van der Waals surface area contributed by atoms with Crippen molar-refractivity contribution < 1.29 is 13.6 Å². The van der Waals surface area contributed by atoms with E-state index in [0.29, 0.717) is 16.3 Å². The van der Waals surface area contributed by atoms with Crippen LogP contribution in [0.25, 0.3) is 0 Å². The first-order chi connectivity index (χ1) is 6.99. The van der Waals surface area contributed by atoms with E-state index < -0.39 is 17.1 Å². The molecule has 7 heteroatoms. The number of nitrogens with two attached hydrogens (primary N) is 1. The molecule has 0 aliphatic heterocycles. The van der Waals surface area contributed by atoms with E-state index in [2.05, 4.69) is 5.32 Å². The molecule has 0 aromatic heterocycles. The topological polar surface area (TPSA) is 92.4 Å². The van der Waals surface area contributed by atoms with Crippen LogP contribution < -0.4 is 11.1 Å². The van der Waals surface area contributed by atoms with Gasteiger partial charge in [0.15, 0.2) is 11.1 Å². The number of anilines is 1. The highest BCUT2D eigenvalue weighted by Crippen LogP contribution is 2.21. The third-order valence-corrected chi connectivity index (χ3v) is 2.40. The van der Waals surface area contributed by atoms with Crippen LogP contribution in [-0.4, -0.2) is 14.8 Å². The summed E-state index contributed by atoms with van der Waals surface area (Å²) in [6, 6.07) is 3.84. The first-order valence-electron chi connectivity index (χ1n) is 3.91. The zero-order chi connectivity index (χ0) is 11.4. The van der Waals surface area contributed by atoms with Crippen molar-refractivity contribution in [3.63, 3.8) is 0 Å². The number of halogens is 1. The van der Waals surface area contributed by atoms with Crippen molar-refractivity contribution in [2.45, 2.75) is 5.75 Å². The fourth-order valence-electron chi connectivity index (χ4n) is 1.06. The van der Waals surface area contributed by atoms with Gasteiger partial charge in [-0.15, -0.1) is 0 Å². The van der Waals surface area contributed by atoms with Gasteiger partial charge in [0, 0.05) is 10.7 Å². The second-order valence-corrected chi connectivity index (χ2v) is 4.12. The summed E-state index contributed by atoms with van der Waals surface area (Å²) in [5.74, 6) is -0.0905. The van der Waals surface area contributed by atoms with Crippen LogP contribution in [0.3, 0.4) is 0 Å². The molecule has 82 valence electrons. The Kier molecular flexibility index (Phi) is 4.07. The maximum atomic E-state index is 10.6. The van der Waals surface area contributed by atoms with Crippen molar-refractivity contribution in [3.8, 4) is 0 Å². The monoisotopic (exact) mass is 248 g/mol. The molecule has 0 saturated heterocycles. The number of carbonyl (C=O) groups excluding carboxylic acids is 1. The summed E-state index contributed by atoms with van der Waals surface area (Å²) in [5, 5.41) is 2.74. The standard InChI is InChI=1S/C8H9ClN2O3S/c9-6-2-1-5(4-15(13)14)7(3-6)11-8(10)12/h1-3H,4H2,(H,13,14)(H3,10,11,12). The van der Waals surface area contributed by atoms with E-state index in [9.17, 15) is 9.00 Å². The van der Waals surface area contributed by atoms with Crippen molar-refractivity contribution in [1.29, 1.82) is 0 Å². The molecule has 0 aliphatic carbocycles. The average Bonchev–Trinajstić information content (AvgIpc) is 2.08. The number of urea groups is 1. The quantitative estimate of drug-likeness (QED) is 0.709. The predicted molar refractivity (Wildman–Crippen MR) is 59.1 cm³/mol. The number of nitrogens with one attached hydrogen (secondary N) is 1. The van der Waals surface area contributed by atoms with Crippen LogP contribution in [0.1, 0.15) is 5.56 Å². The molecule has 0 saturated carbocycles. The van der Waals surface area contributed by atoms with Crippen LogP contribution in [0, 0.1) is 0 Å². The minimum absolute atomic E-state index is 0.0905. The summed E-state index contributed by atoms with van der Waals surface area (Å²) in [6.45, 7) is 0. The van der Waals surface area contributed by atoms with Crippen molar-refractivity contribution >= 4 is 34.4 Å². The lowest BCUT2D eigenvalue weighted by atomic mass is 10.2. The lowest BCUT2D eigenvalue weighted by molar-refractivity contribution is 0.259. The van der Waals surface area contributed by atoms with Gasteiger partial charge < -0.3 is 15.6 Å². The van der Waals surface area contributed by atoms with Gasteiger partial charge in [0.25, 0.3) is 0 Å². The number of primary amides is 1. The van der Waals surface area contributed by atoms with E-state index in [0.717, 1.165) is 0 Å². The SMILES string of the molecule is NC(=O)Nc1cc(Cl)ccc1CS(=O)O. The molecule has 15 heavy (non-hydrogen) atoms. The molecular formula is C8H9ClN2O3S. The van der Waals surface area contributed by atoms with E-state index in [-0.39, 0.29) is 5.75 Å². The van der Waals surface area contributed by atoms with Gasteiger partial charge in [-0.1, -0.05) is 17.7 Å². The number of amides is 2. The van der Waals surface area contributed by atoms with Crippen LogP contribution >= 0.6 is 11.6 Å². The number of hydrogen-bond acceptors (Lipinski definition) is 2. The minimum atomic E-state index is -1.98. The van der Waals surface area contributed by atoms with E-state index in [1.54, 1.807) is 12.1 Å². The Bertz CT molecular complexity index is 411. The normalized spacial score (nSPS) is 12.1. The highest BCUT2D eigenvalue weighted by atomic mass is 35.5. The molecule has 5 nitrogen and oxygen atoms in total. The van der Waals surface area contributed by atoms with Crippen molar-refractivity contribution in [2.24, 2.45) is 5.73 Å². The van der Waals surface area contributed by atoms with Crippen LogP contribution in [-0.2, 0) is 16.8 Å². The molecule has 0 aliphatic rings. The van der Waals surface area contributed by atoms with Gasteiger partial charge in [0.05, 0.1) is 5.75 Å². The van der Waals surface area contributed by atoms with Crippen LogP contribution in [0.2, 0.25) is 5.02 Å². The molecular weight excluding hydrogens is 240 g/mol. The smallest absolute Gasteiger partial charge is 0.316 e. The fourth-order valence-corrected chi connectivity index (χ4v) is 1.75. The maximum Gasteiger partial charge on any atom is 0.316 e. The summed E-state index contributed by atoms with van der Waals surface area (Å²) < 4.78 is 19.4. The highest BCUT2D eigenvalue weighted by Gasteiger charge is 2.07. The molecule has 0 fully saturated rings. The Labute approximate surface area is 93.9 Å². The van der Waals surface area contributed by atoms with Gasteiger partial charge in [0.1, 0.15) is 0 Å². The predicted octanol–water partition coefficient (Wildman–Crippen LogP) is 1.55. The van der Waals surface area contributed by atoms with E-state index in [4.69, 9.17) is 21.9 Å². The molecule has 1 unspecified atom stereocenters. The van der Waals surface area contributed by atoms with Gasteiger partial charge in [0.2, 0.25) is 0 Å². The van der Waals surface area contributed by atoms with Gasteiger partial charge in [-0.2, -0.15) is 0 Å². The molecule has 2 amide bonds. The second kappa shape index (κ2) is 5.11. The fraction of sp³-hybridized carbons (Fsp3) is 0.125. The van der Waals surface area contributed by atoms with E-state index in [1.165, 1.54) is 6.07 Å². The molecule has 4 N–H and O–H groups in total. The Hall–Kier alpha value is -1.11. The number of benzene rings is 1.